The predicted octanol–water partition coefficient (Wildman–Crippen LogP) is 3.15. The summed E-state index contributed by atoms with van der Waals surface area (Å²) in [6, 6.07) is 3.77. The molecule has 1 aromatic heterocycles. The second kappa shape index (κ2) is 5.20. The minimum atomic E-state index is -0.618. The lowest BCUT2D eigenvalue weighted by Gasteiger charge is -2.21. The van der Waals surface area contributed by atoms with Gasteiger partial charge in [-0.25, -0.2) is 0 Å². The van der Waals surface area contributed by atoms with Gasteiger partial charge in [0.2, 0.25) is 0 Å². The maximum atomic E-state index is 10.1. The first-order valence-corrected chi connectivity index (χ1v) is 5.39. The molecule has 0 saturated heterocycles. The molecule has 1 N–H and O–H groups in total. The van der Waals surface area contributed by atoms with Crippen LogP contribution in [0.3, 0.4) is 0 Å². The molecule has 0 aromatic carbocycles. The summed E-state index contributed by atoms with van der Waals surface area (Å²) in [5, 5.41) is 10.1. The molecule has 1 atom stereocenters. The summed E-state index contributed by atoms with van der Waals surface area (Å²) in [4.78, 5) is 0. The lowest BCUT2D eigenvalue weighted by Crippen LogP contribution is -2.26. The topological polar surface area (TPSA) is 33.4 Å². The summed E-state index contributed by atoms with van der Waals surface area (Å²) in [7, 11) is 0. The van der Waals surface area contributed by atoms with E-state index in [2.05, 4.69) is 6.92 Å². The Hall–Kier alpha value is -0.760. The fraction of sp³-hybridized carbons (Fsp3) is 0.667. The summed E-state index contributed by atoms with van der Waals surface area (Å²) >= 11 is 0. The van der Waals surface area contributed by atoms with Gasteiger partial charge in [0.25, 0.3) is 0 Å². The van der Waals surface area contributed by atoms with E-state index in [1.165, 1.54) is 12.8 Å². The van der Waals surface area contributed by atoms with Crippen molar-refractivity contribution in [2.24, 2.45) is 0 Å². The number of hydrogen-bond donors (Lipinski definition) is 1. The van der Waals surface area contributed by atoms with E-state index in [4.69, 9.17) is 4.42 Å². The van der Waals surface area contributed by atoms with Crippen molar-refractivity contribution in [3.63, 3.8) is 0 Å². The summed E-state index contributed by atoms with van der Waals surface area (Å²) in [5.41, 5.74) is -0.618. The summed E-state index contributed by atoms with van der Waals surface area (Å²) < 4.78 is 5.22. The smallest absolute Gasteiger partial charge is 0.106 e. The molecule has 1 unspecified atom stereocenters. The third kappa shape index (κ3) is 3.97. The highest BCUT2D eigenvalue weighted by Gasteiger charge is 2.21. The van der Waals surface area contributed by atoms with Gasteiger partial charge in [-0.3, -0.25) is 0 Å². The Bertz CT molecular complexity index is 237. The standard InChI is InChI=1S/C12H20O2/c1-3-4-5-8-12(2,13)10-11-7-6-9-14-11/h6-7,9,13H,3-5,8,10H2,1-2H3. The molecule has 2 heteroatoms. The summed E-state index contributed by atoms with van der Waals surface area (Å²) in [6.07, 6.45) is 6.58. The van der Waals surface area contributed by atoms with Crippen LogP contribution in [0.25, 0.3) is 0 Å². The first-order chi connectivity index (χ1) is 6.64. The predicted molar refractivity (Wildman–Crippen MR) is 57.2 cm³/mol. The highest BCUT2D eigenvalue weighted by Crippen LogP contribution is 2.20. The van der Waals surface area contributed by atoms with Gasteiger partial charge in [0.15, 0.2) is 0 Å². The van der Waals surface area contributed by atoms with Crippen molar-refractivity contribution in [1.29, 1.82) is 0 Å². The van der Waals surface area contributed by atoms with Gasteiger partial charge in [-0.2, -0.15) is 0 Å². The molecule has 2 nitrogen and oxygen atoms in total. The van der Waals surface area contributed by atoms with Crippen LogP contribution >= 0.6 is 0 Å². The number of aliphatic hydroxyl groups is 1. The van der Waals surface area contributed by atoms with Crippen molar-refractivity contribution in [3.8, 4) is 0 Å². The van der Waals surface area contributed by atoms with Crippen molar-refractivity contribution < 1.29 is 9.52 Å². The molecule has 0 saturated carbocycles. The molecule has 0 bridgehead atoms. The third-order valence-electron chi connectivity index (χ3n) is 2.45. The van der Waals surface area contributed by atoms with E-state index in [9.17, 15) is 5.11 Å². The lowest BCUT2D eigenvalue weighted by atomic mass is 9.94. The SMILES string of the molecule is CCCCCC(C)(O)Cc1ccco1. The van der Waals surface area contributed by atoms with E-state index >= 15 is 0 Å². The van der Waals surface area contributed by atoms with Crippen LogP contribution in [0.1, 0.15) is 45.3 Å². The van der Waals surface area contributed by atoms with Gasteiger partial charge in [0.05, 0.1) is 11.9 Å². The number of furan rings is 1. The van der Waals surface area contributed by atoms with Gasteiger partial charge in [-0.15, -0.1) is 0 Å². The monoisotopic (exact) mass is 196 g/mol. The molecule has 0 radical (unpaired) electrons. The normalized spacial score (nSPS) is 15.4. The average Bonchev–Trinajstić information content (AvgIpc) is 2.56. The molecule has 1 aromatic rings. The zero-order valence-electron chi connectivity index (χ0n) is 9.12. The largest absolute Gasteiger partial charge is 0.469 e. The van der Waals surface area contributed by atoms with E-state index in [1.54, 1.807) is 6.26 Å². The fourth-order valence-corrected chi connectivity index (χ4v) is 1.63. The minimum Gasteiger partial charge on any atom is -0.469 e. The van der Waals surface area contributed by atoms with E-state index in [0.29, 0.717) is 6.42 Å². The van der Waals surface area contributed by atoms with Gasteiger partial charge < -0.3 is 9.52 Å². The van der Waals surface area contributed by atoms with E-state index in [0.717, 1.165) is 18.6 Å². The molecule has 80 valence electrons. The molecule has 0 fully saturated rings. The molecule has 1 rings (SSSR count). The first-order valence-electron chi connectivity index (χ1n) is 5.39. The Balaban J connectivity index is 2.33. The number of rotatable bonds is 6. The summed E-state index contributed by atoms with van der Waals surface area (Å²) in [5.74, 6) is 0.867. The van der Waals surface area contributed by atoms with Crippen LogP contribution in [0.4, 0.5) is 0 Å². The van der Waals surface area contributed by atoms with Crippen LogP contribution in [0.2, 0.25) is 0 Å². The highest BCUT2D eigenvalue weighted by molar-refractivity contribution is 5.01. The Labute approximate surface area is 85.9 Å². The van der Waals surface area contributed by atoms with Gasteiger partial charge in [0.1, 0.15) is 5.76 Å². The fourth-order valence-electron chi connectivity index (χ4n) is 1.63. The number of hydrogen-bond acceptors (Lipinski definition) is 2. The van der Waals surface area contributed by atoms with Crippen molar-refractivity contribution in [2.45, 2.75) is 51.6 Å². The Kier molecular flexibility index (Phi) is 4.21. The second-order valence-electron chi connectivity index (χ2n) is 4.21. The molecule has 0 spiro atoms. The van der Waals surface area contributed by atoms with Gasteiger partial charge in [-0.05, 0) is 25.5 Å². The molecular formula is C12H20O2. The first kappa shape index (κ1) is 11.3. The Morgan fingerprint density at radius 3 is 2.79 bits per heavy atom. The van der Waals surface area contributed by atoms with Crippen molar-refractivity contribution in [1.82, 2.24) is 0 Å². The average molecular weight is 196 g/mol. The van der Waals surface area contributed by atoms with E-state index in [-0.39, 0.29) is 0 Å². The van der Waals surface area contributed by atoms with Crippen LogP contribution < -0.4 is 0 Å². The summed E-state index contributed by atoms with van der Waals surface area (Å²) in [6.45, 7) is 4.05. The van der Waals surface area contributed by atoms with Crippen molar-refractivity contribution in [3.05, 3.63) is 24.2 Å². The van der Waals surface area contributed by atoms with Crippen molar-refractivity contribution in [2.75, 3.05) is 0 Å². The molecule has 0 aliphatic carbocycles. The molecule has 0 aliphatic rings. The molecule has 0 amide bonds. The zero-order valence-corrected chi connectivity index (χ0v) is 9.12. The van der Waals surface area contributed by atoms with Crippen LogP contribution in [0.5, 0.6) is 0 Å². The highest BCUT2D eigenvalue weighted by atomic mass is 16.3. The molecule has 1 heterocycles. The quantitative estimate of drug-likeness (QED) is 0.709. The van der Waals surface area contributed by atoms with Crippen molar-refractivity contribution >= 4 is 0 Å². The Morgan fingerprint density at radius 2 is 2.21 bits per heavy atom. The molecule has 0 aliphatic heterocycles. The zero-order chi connectivity index (χ0) is 10.4. The van der Waals surface area contributed by atoms with Gasteiger partial charge >= 0.3 is 0 Å². The van der Waals surface area contributed by atoms with Gasteiger partial charge in [-0.1, -0.05) is 26.2 Å². The Morgan fingerprint density at radius 1 is 1.43 bits per heavy atom. The lowest BCUT2D eigenvalue weighted by molar-refractivity contribution is 0.0436. The maximum absolute atomic E-state index is 10.1. The second-order valence-corrected chi connectivity index (χ2v) is 4.21. The number of unbranched alkanes of at least 4 members (excludes halogenated alkanes) is 2. The van der Waals surface area contributed by atoms with Crippen LogP contribution in [-0.4, -0.2) is 10.7 Å². The van der Waals surface area contributed by atoms with Crippen LogP contribution in [0, 0.1) is 0 Å². The van der Waals surface area contributed by atoms with Gasteiger partial charge in [0, 0.05) is 6.42 Å². The third-order valence-corrected chi connectivity index (χ3v) is 2.45. The minimum absolute atomic E-state index is 0.615. The van der Waals surface area contributed by atoms with E-state index < -0.39 is 5.60 Å². The van der Waals surface area contributed by atoms with Crippen LogP contribution in [-0.2, 0) is 6.42 Å². The van der Waals surface area contributed by atoms with Crippen LogP contribution in [0.15, 0.2) is 22.8 Å². The molecular weight excluding hydrogens is 176 g/mol. The molecule has 14 heavy (non-hydrogen) atoms. The van der Waals surface area contributed by atoms with E-state index in [1.807, 2.05) is 19.1 Å². The maximum Gasteiger partial charge on any atom is 0.106 e.